The van der Waals surface area contributed by atoms with E-state index in [0.29, 0.717) is 19.5 Å². The molecule has 2 aromatic rings. The van der Waals surface area contributed by atoms with Crippen LogP contribution in [0.3, 0.4) is 0 Å². The van der Waals surface area contributed by atoms with Crippen LogP contribution in [0, 0.1) is 0 Å². The molecule has 7 nitrogen and oxygen atoms in total. The summed E-state index contributed by atoms with van der Waals surface area (Å²) in [6.45, 7) is 4.46. The number of piperidine rings is 1. The van der Waals surface area contributed by atoms with Gasteiger partial charge in [0.15, 0.2) is 0 Å². The third kappa shape index (κ3) is 6.75. The number of nitrogens with one attached hydrogen (secondary N) is 1. The Bertz CT molecular complexity index is 1120. The number of nitrogens with zero attached hydrogens (tertiary/aromatic N) is 1. The van der Waals surface area contributed by atoms with Crippen molar-refractivity contribution in [3.8, 4) is 0 Å². The summed E-state index contributed by atoms with van der Waals surface area (Å²) >= 11 is 0. The first-order valence-corrected chi connectivity index (χ1v) is 13.3. The van der Waals surface area contributed by atoms with Gasteiger partial charge < -0.3 is 21.1 Å². The number of aliphatic carboxylic acids is 1. The predicted molar refractivity (Wildman–Crippen MR) is 150 cm³/mol. The minimum atomic E-state index is -1.07. The maximum atomic E-state index is 13.7. The van der Waals surface area contributed by atoms with Crippen LogP contribution in [0.2, 0.25) is 0 Å². The van der Waals surface area contributed by atoms with Crippen molar-refractivity contribution in [2.24, 2.45) is 5.73 Å². The van der Waals surface area contributed by atoms with Crippen LogP contribution in [0.4, 0.5) is 0 Å². The molecule has 1 aliphatic carbocycles. The molecule has 2 aliphatic rings. The molecule has 2 atom stereocenters. The Kier molecular flexibility index (Phi) is 9.60. The lowest BCUT2D eigenvalue weighted by Gasteiger charge is -2.41. The molecule has 1 aliphatic heterocycles. The standard InChI is InChI=1S/C30H39N3O4.ClH/c1-29(2,31)28(37)32-25(14-8-11-21-9-4-3-5-10-21)27(36)33-17-15-30(16-18-33)20-22(19-26(34)35)23-12-6-7-13-24(23)30;/h3-7,9-10,12-13,22,25H,8,11,14-20,31H2,1-2H3,(H,32,37)(H,34,35);1H. The van der Waals surface area contributed by atoms with E-state index in [9.17, 15) is 19.5 Å². The number of carbonyl (C=O) groups is 3. The van der Waals surface area contributed by atoms with E-state index in [0.717, 1.165) is 37.7 Å². The summed E-state index contributed by atoms with van der Waals surface area (Å²) in [6, 6.07) is 17.7. The molecule has 206 valence electrons. The highest BCUT2D eigenvalue weighted by Gasteiger charge is 2.46. The number of hydrogen-bond donors (Lipinski definition) is 3. The third-order valence-corrected chi connectivity index (χ3v) is 8.05. The molecule has 2 amide bonds. The number of carbonyl (C=O) groups excluding carboxylic acids is 2. The maximum absolute atomic E-state index is 13.7. The van der Waals surface area contributed by atoms with Crippen molar-refractivity contribution >= 4 is 30.2 Å². The van der Waals surface area contributed by atoms with Gasteiger partial charge in [-0.1, -0.05) is 54.6 Å². The second kappa shape index (κ2) is 12.3. The van der Waals surface area contributed by atoms with Gasteiger partial charge in [0, 0.05) is 13.1 Å². The summed E-state index contributed by atoms with van der Waals surface area (Å²) in [6.07, 6.45) is 4.66. The number of carboxylic acid groups (broad SMARTS) is 1. The van der Waals surface area contributed by atoms with Crippen molar-refractivity contribution in [1.82, 2.24) is 10.2 Å². The molecular formula is C30H40ClN3O4. The Morgan fingerprint density at radius 2 is 1.71 bits per heavy atom. The lowest BCUT2D eigenvalue weighted by Crippen LogP contribution is -2.57. The highest BCUT2D eigenvalue weighted by molar-refractivity contribution is 5.91. The molecule has 8 heteroatoms. The average molecular weight is 542 g/mol. The smallest absolute Gasteiger partial charge is 0.303 e. The fourth-order valence-electron chi connectivity index (χ4n) is 6.03. The van der Waals surface area contributed by atoms with Gasteiger partial charge in [0.25, 0.3) is 0 Å². The number of hydrogen-bond acceptors (Lipinski definition) is 4. The molecular weight excluding hydrogens is 502 g/mol. The number of likely N-dealkylation sites (tertiary alicyclic amines) is 1. The number of nitrogens with two attached hydrogens (primary N) is 1. The van der Waals surface area contributed by atoms with Crippen LogP contribution in [-0.4, -0.2) is 52.5 Å². The number of benzene rings is 2. The second-order valence-corrected chi connectivity index (χ2v) is 11.3. The molecule has 2 unspecified atom stereocenters. The number of halogens is 1. The van der Waals surface area contributed by atoms with Crippen molar-refractivity contribution in [3.05, 3.63) is 71.3 Å². The lowest BCUT2D eigenvalue weighted by molar-refractivity contribution is -0.139. The predicted octanol–water partition coefficient (Wildman–Crippen LogP) is 4.18. The van der Waals surface area contributed by atoms with Gasteiger partial charge >= 0.3 is 5.97 Å². The van der Waals surface area contributed by atoms with Gasteiger partial charge in [0.05, 0.1) is 12.0 Å². The Hall–Kier alpha value is -2.90. The molecule has 4 rings (SSSR count). The summed E-state index contributed by atoms with van der Waals surface area (Å²) in [5, 5.41) is 12.4. The van der Waals surface area contributed by atoms with Crippen molar-refractivity contribution in [2.75, 3.05) is 13.1 Å². The van der Waals surface area contributed by atoms with Crippen LogP contribution >= 0.6 is 12.4 Å². The minimum Gasteiger partial charge on any atom is -0.481 e. The molecule has 1 spiro atoms. The van der Waals surface area contributed by atoms with E-state index in [4.69, 9.17) is 5.73 Å². The van der Waals surface area contributed by atoms with Gasteiger partial charge in [-0.05, 0) is 80.4 Å². The zero-order valence-corrected chi connectivity index (χ0v) is 23.1. The van der Waals surface area contributed by atoms with Gasteiger partial charge in [0.1, 0.15) is 6.04 Å². The molecule has 1 heterocycles. The SMILES string of the molecule is CC(C)(N)C(=O)NC(CCCc1ccccc1)C(=O)N1CCC2(CC1)CC(CC(=O)O)c1ccccc12.Cl. The van der Waals surface area contributed by atoms with Gasteiger partial charge in [-0.3, -0.25) is 14.4 Å². The number of aryl methyl sites for hydroxylation is 1. The number of fused-ring (bicyclic) bond motifs is 2. The Balaban J connectivity index is 0.00000400. The van der Waals surface area contributed by atoms with Crippen molar-refractivity contribution < 1.29 is 19.5 Å². The zero-order valence-electron chi connectivity index (χ0n) is 22.3. The number of rotatable bonds is 9. The van der Waals surface area contributed by atoms with Crippen LogP contribution in [0.25, 0.3) is 0 Å². The van der Waals surface area contributed by atoms with E-state index in [1.165, 1.54) is 11.1 Å². The van der Waals surface area contributed by atoms with Gasteiger partial charge in [-0.2, -0.15) is 0 Å². The van der Waals surface area contributed by atoms with Crippen LogP contribution in [0.5, 0.6) is 0 Å². The van der Waals surface area contributed by atoms with Gasteiger partial charge in [-0.25, -0.2) is 0 Å². The van der Waals surface area contributed by atoms with Gasteiger partial charge in [0.2, 0.25) is 11.8 Å². The highest BCUT2D eigenvalue weighted by atomic mass is 35.5. The van der Waals surface area contributed by atoms with Crippen molar-refractivity contribution in [2.45, 2.75) is 81.7 Å². The molecule has 0 radical (unpaired) electrons. The normalized spacial score (nSPS) is 18.8. The largest absolute Gasteiger partial charge is 0.481 e. The van der Waals surface area contributed by atoms with E-state index in [2.05, 4.69) is 29.6 Å². The number of carboxylic acids is 1. The molecule has 0 bridgehead atoms. The summed E-state index contributed by atoms with van der Waals surface area (Å²) in [7, 11) is 0. The van der Waals surface area contributed by atoms with E-state index in [-0.39, 0.29) is 42.0 Å². The summed E-state index contributed by atoms with van der Waals surface area (Å²) in [5.74, 6) is -1.16. The van der Waals surface area contributed by atoms with E-state index in [1.54, 1.807) is 13.8 Å². The Morgan fingerprint density at radius 3 is 2.34 bits per heavy atom. The summed E-state index contributed by atoms with van der Waals surface area (Å²) in [5.41, 5.74) is 8.43. The van der Waals surface area contributed by atoms with Crippen LogP contribution in [0.1, 0.15) is 75.0 Å². The lowest BCUT2D eigenvalue weighted by atomic mass is 9.73. The highest BCUT2D eigenvalue weighted by Crippen LogP contribution is 2.52. The van der Waals surface area contributed by atoms with Crippen LogP contribution < -0.4 is 11.1 Å². The molecule has 2 aromatic carbocycles. The number of amides is 2. The zero-order chi connectivity index (χ0) is 26.6. The van der Waals surface area contributed by atoms with Crippen molar-refractivity contribution in [1.29, 1.82) is 0 Å². The Morgan fingerprint density at radius 1 is 1.08 bits per heavy atom. The fourth-order valence-corrected chi connectivity index (χ4v) is 6.03. The Labute approximate surface area is 231 Å². The summed E-state index contributed by atoms with van der Waals surface area (Å²) < 4.78 is 0. The second-order valence-electron chi connectivity index (χ2n) is 11.3. The first-order chi connectivity index (χ1) is 17.6. The summed E-state index contributed by atoms with van der Waals surface area (Å²) in [4.78, 5) is 39.7. The molecule has 4 N–H and O–H groups in total. The molecule has 0 saturated carbocycles. The van der Waals surface area contributed by atoms with E-state index >= 15 is 0 Å². The first-order valence-electron chi connectivity index (χ1n) is 13.3. The average Bonchev–Trinajstić information content (AvgIpc) is 3.15. The molecule has 1 fully saturated rings. The first kappa shape index (κ1) is 29.7. The van der Waals surface area contributed by atoms with Crippen LogP contribution in [-0.2, 0) is 26.2 Å². The van der Waals surface area contributed by atoms with Gasteiger partial charge in [-0.15, -0.1) is 12.4 Å². The quantitative estimate of drug-likeness (QED) is 0.441. The fraction of sp³-hybridized carbons (Fsp3) is 0.500. The monoisotopic (exact) mass is 541 g/mol. The molecule has 38 heavy (non-hydrogen) atoms. The molecule has 0 aromatic heterocycles. The minimum absolute atomic E-state index is 0. The van der Waals surface area contributed by atoms with Crippen LogP contribution in [0.15, 0.2) is 54.6 Å². The topological polar surface area (TPSA) is 113 Å². The van der Waals surface area contributed by atoms with E-state index < -0.39 is 17.6 Å². The third-order valence-electron chi connectivity index (χ3n) is 8.05. The maximum Gasteiger partial charge on any atom is 0.303 e. The van der Waals surface area contributed by atoms with E-state index in [1.807, 2.05) is 35.2 Å². The molecule has 1 saturated heterocycles. The van der Waals surface area contributed by atoms with Crippen molar-refractivity contribution in [3.63, 3.8) is 0 Å².